The minimum atomic E-state index is -4.53. The molecule has 0 saturated carbocycles. The standard InChI is InChI=1S/C22H15F3N6O2/c23-22(24,25)15-4-3-5-16(12-15)28-19-17(21(33)31-11-2-1-6-18(31)29-19)13-27-30-20(32)14-7-9-26-10-8-14/h1-13,28H,(H,30,32)/b27-13+. The molecule has 0 atom stereocenters. The maximum absolute atomic E-state index is 13.1. The Balaban J connectivity index is 1.71. The first kappa shape index (κ1) is 21.7. The van der Waals surface area contributed by atoms with Gasteiger partial charge in [-0.05, 0) is 42.5 Å². The lowest BCUT2D eigenvalue weighted by atomic mass is 10.2. The van der Waals surface area contributed by atoms with E-state index in [-0.39, 0.29) is 22.7 Å². The van der Waals surface area contributed by atoms with Crippen LogP contribution in [0.4, 0.5) is 24.7 Å². The fourth-order valence-electron chi connectivity index (χ4n) is 2.95. The molecule has 3 heterocycles. The monoisotopic (exact) mass is 452 g/mol. The molecule has 11 heteroatoms. The number of anilines is 2. The van der Waals surface area contributed by atoms with Gasteiger partial charge in [-0.2, -0.15) is 18.3 Å². The largest absolute Gasteiger partial charge is 0.416 e. The fraction of sp³-hybridized carbons (Fsp3) is 0.0455. The Morgan fingerprint density at radius 2 is 1.85 bits per heavy atom. The zero-order valence-corrected chi connectivity index (χ0v) is 16.7. The maximum Gasteiger partial charge on any atom is 0.416 e. The Kier molecular flexibility index (Phi) is 5.85. The summed E-state index contributed by atoms with van der Waals surface area (Å²) in [4.78, 5) is 33.3. The molecule has 0 spiro atoms. The van der Waals surface area contributed by atoms with E-state index in [4.69, 9.17) is 0 Å². The summed E-state index contributed by atoms with van der Waals surface area (Å²) in [6.45, 7) is 0. The van der Waals surface area contributed by atoms with Crippen LogP contribution in [0.1, 0.15) is 21.5 Å². The van der Waals surface area contributed by atoms with Gasteiger partial charge in [0.15, 0.2) is 0 Å². The van der Waals surface area contributed by atoms with Crippen molar-refractivity contribution in [1.29, 1.82) is 0 Å². The minimum Gasteiger partial charge on any atom is -0.339 e. The summed E-state index contributed by atoms with van der Waals surface area (Å²) in [6, 6.07) is 12.3. The van der Waals surface area contributed by atoms with Gasteiger partial charge in [0.2, 0.25) is 0 Å². The molecule has 2 N–H and O–H groups in total. The number of alkyl halides is 3. The Labute approximate surface area is 184 Å². The average Bonchev–Trinajstić information content (AvgIpc) is 2.81. The van der Waals surface area contributed by atoms with Crippen molar-refractivity contribution in [2.24, 2.45) is 5.10 Å². The third-order valence-electron chi connectivity index (χ3n) is 4.52. The number of hydrazone groups is 1. The second-order valence-electron chi connectivity index (χ2n) is 6.75. The number of hydrogen-bond donors (Lipinski definition) is 2. The number of aromatic nitrogens is 3. The number of amides is 1. The minimum absolute atomic E-state index is 0.0209. The lowest BCUT2D eigenvalue weighted by Gasteiger charge is -2.12. The molecule has 0 aliphatic carbocycles. The predicted molar refractivity (Wildman–Crippen MR) is 115 cm³/mol. The number of fused-ring (bicyclic) bond motifs is 1. The molecular weight excluding hydrogens is 437 g/mol. The Bertz CT molecular complexity index is 1400. The first-order valence-corrected chi connectivity index (χ1v) is 9.52. The average molecular weight is 452 g/mol. The third kappa shape index (κ3) is 4.87. The first-order chi connectivity index (χ1) is 15.8. The maximum atomic E-state index is 13.1. The number of rotatable bonds is 5. The van der Waals surface area contributed by atoms with Crippen molar-refractivity contribution < 1.29 is 18.0 Å². The van der Waals surface area contributed by atoms with Crippen LogP contribution in [0.15, 0.2) is 83.1 Å². The van der Waals surface area contributed by atoms with Crippen LogP contribution >= 0.6 is 0 Å². The number of nitrogens with zero attached hydrogens (tertiary/aromatic N) is 4. The van der Waals surface area contributed by atoms with E-state index in [0.29, 0.717) is 5.56 Å². The van der Waals surface area contributed by atoms with Crippen LogP contribution in [0.2, 0.25) is 0 Å². The van der Waals surface area contributed by atoms with Crippen molar-refractivity contribution >= 4 is 29.3 Å². The van der Waals surface area contributed by atoms with E-state index in [1.807, 2.05) is 0 Å². The molecule has 4 aromatic rings. The van der Waals surface area contributed by atoms with Gasteiger partial charge in [-0.25, -0.2) is 10.4 Å². The predicted octanol–water partition coefficient (Wildman–Crippen LogP) is 3.62. The highest BCUT2D eigenvalue weighted by Crippen LogP contribution is 2.31. The summed E-state index contributed by atoms with van der Waals surface area (Å²) >= 11 is 0. The van der Waals surface area contributed by atoms with E-state index in [0.717, 1.165) is 18.3 Å². The number of hydrogen-bond acceptors (Lipinski definition) is 6. The van der Waals surface area contributed by atoms with Gasteiger partial charge in [-0.15, -0.1) is 0 Å². The zero-order valence-electron chi connectivity index (χ0n) is 16.7. The SMILES string of the molecule is O=C(N/N=C/c1c(Nc2cccc(C(F)(F)F)c2)nc2ccccn2c1=O)c1ccncc1. The number of carbonyl (C=O) groups excluding carboxylic acids is 1. The lowest BCUT2D eigenvalue weighted by Crippen LogP contribution is -2.23. The van der Waals surface area contributed by atoms with Crippen LogP contribution in [-0.4, -0.2) is 26.5 Å². The van der Waals surface area contributed by atoms with E-state index < -0.39 is 23.2 Å². The second-order valence-corrected chi connectivity index (χ2v) is 6.75. The highest BCUT2D eigenvalue weighted by molar-refractivity contribution is 5.95. The molecule has 0 fully saturated rings. The molecule has 0 aliphatic heterocycles. The van der Waals surface area contributed by atoms with Crippen molar-refractivity contribution in [2.45, 2.75) is 6.18 Å². The number of benzene rings is 1. The van der Waals surface area contributed by atoms with Crippen LogP contribution < -0.4 is 16.3 Å². The molecule has 166 valence electrons. The summed E-state index contributed by atoms with van der Waals surface area (Å²) in [5, 5.41) is 6.58. The number of pyridine rings is 2. The molecule has 0 aliphatic rings. The quantitative estimate of drug-likeness (QED) is 0.356. The molecule has 33 heavy (non-hydrogen) atoms. The topological polar surface area (TPSA) is 101 Å². The zero-order chi connectivity index (χ0) is 23.4. The third-order valence-corrected chi connectivity index (χ3v) is 4.52. The van der Waals surface area contributed by atoms with E-state index in [9.17, 15) is 22.8 Å². The molecule has 3 aromatic heterocycles. The van der Waals surface area contributed by atoms with Gasteiger partial charge >= 0.3 is 6.18 Å². The summed E-state index contributed by atoms with van der Waals surface area (Å²) in [6.07, 6.45) is 0.926. The van der Waals surface area contributed by atoms with E-state index in [1.54, 1.807) is 18.2 Å². The molecule has 0 saturated heterocycles. The molecule has 1 aromatic carbocycles. The van der Waals surface area contributed by atoms with Crippen molar-refractivity contribution in [3.05, 3.63) is 100 Å². The Morgan fingerprint density at radius 3 is 2.61 bits per heavy atom. The molecule has 0 bridgehead atoms. The van der Waals surface area contributed by atoms with Gasteiger partial charge < -0.3 is 5.32 Å². The van der Waals surface area contributed by atoms with E-state index in [1.165, 1.54) is 47.3 Å². The van der Waals surface area contributed by atoms with Crippen LogP contribution in [0.5, 0.6) is 0 Å². The summed E-state index contributed by atoms with van der Waals surface area (Å²) in [5.41, 5.74) is 1.50. The van der Waals surface area contributed by atoms with Gasteiger partial charge in [-0.3, -0.25) is 19.0 Å². The van der Waals surface area contributed by atoms with Crippen LogP contribution in [0, 0.1) is 0 Å². The molecule has 1 amide bonds. The smallest absolute Gasteiger partial charge is 0.339 e. The van der Waals surface area contributed by atoms with Crippen molar-refractivity contribution in [1.82, 2.24) is 19.8 Å². The van der Waals surface area contributed by atoms with Crippen LogP contribution in [0.25, 0.3) is 5.65 Å². The molecular formula is C22H15F3N6O2. The van der Waals surface area contributed by atoms with Crippen LogP contribution in [0.3, 0.4) is 0 Å². The van der Waals surface area contributed by atoms with Gasteiger partial charge in [-0.1, -0.05) is 12.1 Å². The molecule has 0 radical (unpaired) electrons. The second kappa shape index (κ2) is 8.91. The molecule has 4 rings (SSSR count). The van der Waals surface area contributed by atoms with Gasteiger partial charge in [0.25, 0.3) is 11.5 Å². The normalized spacial score (nSPS) is 11.6. The number of halogens is 3. The molecule has 0 unspecified atom stereocenters. The van der Waals surface area contributed by atoms with E-state index in [2.05, 4.69) is 25.8 Å². The molecule has 8 nitrogen and oxygen atoms in total. The fourth-order valence-corrected chi connectivity index (χ4v) is 2.95. The summed E-state index contributed by atoms with van der Waals surface area (Å²) in [5.74, 6) is -0.553. The van der Waals surface area contributed by atoms with Gasteiger partial charge in [0.1, 0.15) is 17.0 Å². The van der Waals surface area contributed by atoms with Crippen molar-refractivity contribution in [3.63, 3.8) is 0 Å². The summed E-state index contributed by atoms with van der Waals surface area (Å²) < 4.78 is 40.5. The lowest BCUT2D eigenvalue weighted by molar-refractivity contribution is -0.137. The Hall–Kier alpha value is -4.54. The first-order valence-electron chi connectivity index (χ1n) is 9.52. The number of nitrogens with one attached hydrogen (secondary N) is 2. The Morgan fingerprint density at radius 1 is 1.06 bits per heavy atom. The van der Waals surface area contributed by atoms with Gasteiger partial charge in [0, 0.05) is 29.8 Å². The number of carbonyl (C=O) groups is 1. The van der Waals surface area contributed by atoms with Gasteiger partial charge in [0.05, 0.1) is 11.8 Å². The van der Waals surface area contributed by atoms with Crippen molar-refractivity contribution in [2.75, 3.05) is 5.32 Å². The summed E-state index contributed by atoms with van der Waals surface area (Å²) in [7, 11) is 0. The highest BCUT2D eigenvalue weighted by atomic mass is 19.4. The highest BCUT2D eigenvalue weighted by Gasteiger charge is 2.30. The van der Waals surface area contributed by atoms with Crippen LogP contribution in [-0.2, 0) is 6.18 Å². The van der Waals surface area contributed by atoms with Crippen molar-refractivity contribution in [3.8, 4) is 0 Å². The van der Waals surface area contributed by atoms with E-state index >= 15 is 0 Å².